The van der Waals surface area contributed by atoms with Crippen LogP contribution in [0.3, 0.4) is 0 Å². The third-order valence-corrected chi connectivity index (χ3v) is 2.55. The van der Waals surface area contributed by atoms with Crippen molar-refractivity contribution in [3.63, 3.8) is 0 Å². The van der Waals surface area contributed by atoms with E-state index in [1.54, 1.807) is 17.9 Å². The minimum atomic E-state index is -0.916. The molecule has 1 N–H and O–H groups in total. The van der Waals surface area contributed by atoms with E-state index in [1.807, 2.05) is 6.92 Å². The molecular formula is C12H16N2O4. The van der Waals surface area contributed by atoms with Gasteiger partial charge in [-0.05, 0) is 25.0 Å². The van der Waals surface area contributed by atoms with E-state index >= 15 is 0 Å². The van der Waals surface area contributed by atoms with E-state index < -0.39 is 10.9 Å². The highest BCUT2D eigenvalue weighted by atomic mass is 16.6. The summed E-state index contributed by atoms with van der Waals surface area (Å²) < 4.78 is 0. The van der Waals surface area contributed by atoms with Crippen molar-refractivity contribution in [2.75, 3.05) is 18.0 Å². The zero-order valence-electron chi connectivity index (χ0n) is 10.4. The molecule has 0 aliphatic carbocycles. The Morgan fingerprint density at radius 2 is 2.17 bits per heavy atom. The van der Waals surface area contributed by atoms with Gasteiger partial charge < -0.3 is 10.0 Å². The second-order valence-electron chi connectivity index (χ2n) is 4.04. The smallest absolute Gasteiger partial charge is 0.323 e. The number of benzene rings is 1. The number of carboxylic acids is 1. The summed E-state index contributed by atoms with van der Waals surface area (Å²) in [5.74, 6) is -0.916. The van der Waals surface area contributed by atoms with Crippen LogP contribution in [-0.2, 0) is 4.79 Å². The monoisotopic (exact) mass is 252 g/mol. The van der Waals surface area contributed by atoms with Gasteiger partial charge in [0.2, 0.25) is 0 Å². The molecule has 0 atom stereocenters. The van der Waals surface area contributed by atoms with E-state index in [9.17, 15) is 14.9 Å². The molecule has 0 fully saturated rings. The molecule has 0 radical (unpaired) electrons. The molecule has 0 bridgehead atoms. The zero-order chi connectivity index (χ0) is 13.7. The molecule has 6 nitrogen and oxygen atoms in total. The number of aliphatic carboxylic acids is 1. The van der Waals surface area contributed by atoms with Crippen LogP contribution >= 0.6 is 0 Å². The molecule has 0 spiro atoms. The number of non-ortho nitro benzene ring substituents is 1. The highest BCUT2D eigenvalue weighted by Gasteiger charge is 2.14. The lowest BCUT2D eigenvalue weighted by Crippen LogP contribution is -2.30. The second-order valence-corrected chi connectivity index (χ2v) is 4.04. The normalized spacial score (nSPS) is 10.1. The summed E-state index contributed by atoms with van der Waals surface area (Å²) >= 11 is 0. The van der Waals surface area contributed by atoms with Crippen LogP contribution in [0.4, 0.5) is 11.4 Å². The fourth-order valence-electron chi connectivity index (χ4n) is 1.83. The number of aryl methyl sites for hydroxylation is 1. The lowest BCUT2D eigenvalue weighted by Gasteiger charge is -2.23. The standard InChI is InChI=1S/C12H16N2O4/c1-3-6-13(8-12(15)16)11-5-4-10(14(17)18)7-9(11)2/h4-5,7H,3,6,8H2,1-2H3,(H,15,16). The van der Waals surface area contributed by atoms with Crippen molar-refractivity contribution in [1.29, 1.82) is 0 Å². The van der Waals surface area contributed by atoms with Crippen molar-refractivity contribution in [1.82, 2.24) is 0 Å². The van der Waals surface area contributed by atoms with Crippen LogP contribution in [0.5, 0.6) is 0 Å². The molecule has 0 aromatic heterocycles. The third kappa shape index (κ3) is 3.44. The number of anilines is 1. The Hall–Kier alpha value is -2.11. The first-order valence-electron chi connectivity index (χ1n) is 5.67. The minimum absolute atomic E-state index is 0.0167. The van der Waals surface area contributed by atoms with Crippen molar-refractivity contribution in [2.45, 2.75) is 20.3 Å². The van der Waals surface area contributed by atoms with Crippen LogP contribution in [0.15, 0.2) is 18.2 Å². The number of rotatable bonds is 6. The van der Waals surface area contributed by atoms with Gasteiger partial charge in [0.15, 0.2) is 0 Å². The van der Waals surface area contributed by atoms with Crippen molar-refractivity contribution >= 4 is 17.3 Å². The molecule has 6 heteroatoms. The predicted molar refractivity (Wildman–Crippen MR) is 68.0 cm³/mol. The average Bonchev–Trinajstić information content (AvgIpc) is 2.27. The first-order chi connectivity index (χ1) is 8.45. The number of nitro benzene ring substituents is 1. The summed E-state index contributed by atoms with van der Waals surface area (Å²) in [5.41, 5.74) is 1.45. The van der Waals surface area contributed by atoms with Crippen molar-refractivity contribution in [3.8, 4) is 0 Å². The SMILES string of the molecule is CCCN(CC(=O)O)c1ccc([N+](=O)[O-])cc1C. The zero-order valence-corrected chi connectivity index (χ0v) is 10.4. The van der Waals surface area contributed by atoms with Crippen LogP contribution in [-0.4, -0.2) is 29.1 Å². The van der Waals surface area contributed by atoms with Crippen LogP contribution < -0.4 is 4.90 Å². The Bertz CT molecular complexity index is 459. The molecule has 0 unspecified atom stereocenters. The Morgan fingerprint density at radius 1 is 1.50 bits per heavy atom. The van der Waals surface area contributed by atoms with Crippen LogP contribution in [0, 0.1) is 17.0 Å². The van der Waals surface area contributed by atoms with Gasteiger partial charge in [0.1, 0.15) is 6.54 Å². The Balaban J connectivity index is 3.04. The Morgan fingerprint density at radius 3 is 2.61 bits per heavy atom. The second kappa shape index (κ2) is 6.00. The summed E-state index contributed by atoms with van der Waals surface area (Å²) in [6, 6.07) is 4.46. The number of nitro groups is 1. The van der Waals surface area contributed by atoms with Gasteiger partial charge in [-0.15, -0.1) is 0 Å². The van der Waals surface area contributed by atoms with Gasteiger partial charge >= 0.3 is 5.97 Å². The quantitative estimate of drug-likeness (QED) is 0.619. The molecular weight excluding hydrogens is 236 g/mol. The maximum atomic E-state index is 10.8. The van der Waals surface area contributed by atoms with E-state index in [0.717, 1.165) is 12.1 Å². The molecule has 0 aliphatic rings. The molecule has 0 amide bonds. The third-order valence-electron chi connectivity index (χ3n) is 2.55. The lowest BCUT2D eigenvalue weighted by atomic mass is 10.1. The summed E-state index contributed by atoms with van der Waals surface area (Å²) in [6.45, 7) is 4.19. The number of hydrogen-bond acceptors (Lipinski definition) is 4. The Kier molecular flexibility index (Phi) is 4.65. The number of carboxylic acid groups (broad SMARTS) is 1. The van der Waals surface area contributed by atoms with Crippen molar-refractivity contribution in [2.24, 2.45) is 0 Å². The Labute approximate surface area is 105 Å². The van der Waals surface area contributed by atoms with Crippen LogP contribution in [0.2, 0.25) is 0 Å². The van der Waals surface area contributed by atoms with Gasteiger partial charge in [0.05, 0.1) is 4.92 Å². The molecule has 1 aromatic carbocycles. The van der Waals surface area contributed by atoms with E-state index in [0.29, 0.717) is 12.1 Å². The van der Waals surface area contributed by atoms with E-state index in [-0.39, 0.29) is 12.2 Å². The highest BCUT2D eigenvalue weighted by molar-refractivity contribution is 5.74. The molecule has 1 aromatic rings. The van der Waals surface area contributed by atoms with Crippen molar-refractivity contribution < 1.29 is 14.8 Å². The summed E-state index contributed by atoms with van der Waals surface area (Å²) in [4.78, 5) is 22.7. The number of carbonyl (C=O) groups is 1. The van der Waals surface area contributed by atoms with Crippen molar-refractivity contribution in [3.05, 3.63) is 33.9 Å². The van der Waals surface area contributed by atoms with Gasteiger partial charge in [0, 0.05) is 24.4 Å². The van der Waals surface area contributed by atoms with E-state index in [4.69, 9.17) is 5.11 Å². The molecule has 98 valence electrons. The maximum Gasteiger partial charge on any atom is 0.323 e. The summed E-state index contributed by atoms with van der Waals surface area (Å²) in [6.07, 6.45) is 0.809. The number of nitrogens with zero attached hydrogens (tertiary/aromatic N) is 2. The number of hydrogen-bond donors (Lipinski definition) is 1. The average molecular weight is 252 g/mol. The van der Waals surface area contributed by atoms with Gasteiger partial charge in [-0.2, -0.15) is 0 Å². The topological polar surface area (TPSA) is 83.7 Å². The highest BCUT2D eigenvalue weighted by Crippen LogP contribution is 2.24. The van der Waals surface area contributed by atoms with E-state index in [1.165, 1.54) is 12.1 Å². The maximum absolute atomic E-state index is 10.8. The van der Waals surface area contributed by atoms with E-state index in [2.05, 4.69) is 0 Å². The predicted octanol–water partition coefficient (Wildman–Crippen LogP) is 2.20. The molecule has 0 saturated heterocycles. The summed E-state index contributed by atoms with van der Waals surface area (Å²) in [7, 11) is 0. The van der Waals surface area contributed by atoms with Gasteiger partial charge in [-0.3, -0.25) is 14.9 Å². The summed E-state index contributed by atoms with van der Waals surface area (Å²) in [5, 5.41) is 19.5. The largest absolute Gasteiger partial charge is 0.480 e. The molecule has 0 heterocycles. The van der Waals surface area contributed by atoms with Gasteiger partial charge in [-0.25, -0.2) is 0 Å². The minimum Gasteiger partial charge on any atom is -0.480 e. The fourth-order valence-corrected chi connectivity index (χ4v) is 1.83. The van der Waals surface area contributed by atoms with Crippen LogP contribution in [0.25, 0.3) is 0 Å². The fraction of sp³-hybridized carbons (Fsp3) is 0.417. The molecule has 0 aliphatic heterocycles. The molecule has 1 rings (SSSR count). The first kappa shape index (κ1) is 14.0. The molecule has 0 saturated carbocycles. The molecule has 18 heavy (non-hydrogen) atoms. The first-order valence-corrected chi connectivity index (χ1v) is 5.67. The van der Waals surface area contributed by atoms with Gasteiger partial charge in [-0.1, -0.05) is 6.92 Å². The van der Waals surface area contributed by atoms with Crippen LogP contribution in [0.1, 0.15) is 18.9 Å². The van der Waals surface area contributed by atoms with Gasteiger partial charge in [0.25, 0.3) is 5.69 Å². The lowest BCUT2D eigenvalue weighted by molar-refractivity contribution is -0.384.